The third-order valence-electron chi connectivity index (χ3n) is 11.7. The van der Waals surface area contributed by atoms with Gasteiger partial charge in [0.1, 0.15) is 11.2 Å². The maximum absolute atomic E-state index is 6.51. The number of fused-ring (bicyclic) bond motifs is 6. The Morgan fingerprint density at radius 1 is 0.362 bits per heavy atom. The Bertz CT molecular complexity index is 3200. The standard InChI is InChI=1S/C54H37N3O/c1-54(2)45-26-10-9-23-42(45)49-44(25-13-27-46(49)54)53-56-51(39-21-11-19-36(31-39)34-15-5-3-6-16-34)55-52(57-53)40-22-12-20-37(32-40)38-29-30-43-48(33-38)58-47-28-14-24-41(50(43)47)35-17-7-4-8-18-35/h3-33H,1-2H3. The van der Waals surface area contributed by atoms with Crippen LogP contribution in [0.3, 0.4) is 0 Å². The van der Waals surface area contributed by atoms with Crippen LogP contribution in [-0.2, 0) is 5.41 Å². The summed E-state index contributed by atoms with van der Waals surface area (Å²) in [6.07, 6.45) is 0. The van der Waals surface area contributed by atoms with E-state index in [1.807, 2.05) is 12.1 Å². The normalized spacial score (nSPS) is 12.8. The highest BCUT2D eigenvalue weighted by atomic mass is 16.3. The summed E-state index contributed by atoms with van der Waals surface area (Å²) >= 11 is 0. The van der Waals surface area contributed by atoms with Gasteiger partial charge in [-0.15, -0.1) is 0 Å². The van der Waals surface area contributed by atoms with E-state index in [1.54, 1.807) is 0 Å². The lowest BCUT2D eigenvalue weighted by molar-refractivity contribution is 0.660. The second-order valence-electron chi connectivity index (χ2n) is 15.6. The van der Waals surface area contributed by atoms with Crippen LogP contribution >= 0.6 is 0 Å². The van der Waals surface area contributed by atoms with Gasteiger partial charge in [-0.25, -0.2) is 15.0 Å². The molecule has 0 saturated heterocycles. The molecule has 4 nitrogen and oxygen atoms in total. The molecule has 11 rings (SSSR count). The van der Waals surface area contributed by atoms with Crippen molar-refractivity contribution in [3.63, 3.8) is 0 Å². The van der Waals surface area contributed by atoms with E-state index >= 15 is 0 Å². The number of hydrogen-bond donors (Lipinski definition) is 0. The van der Waals surface area contributed by atoms with E-state index in [2.05, 4.69) is 190 Å². The van der Waals surface area contributed by atoms with Crippen LogP contribution in [0.5, 0.6) is 0 Å². The number of nitrogens with zero attached hydrogens (tertiary/aromatic N) is 3. The van der Waals surface area contributed by atoms with Gasteiger partial charge in [0.15, 0.2) is 17.5 Å². The van der Waals surface area contributed by atoms with Gasteiger partial charge in [0.05, 0.1) is 0 Å². The Morgan fingerprint density at radius 2 is 0.879 bits per heavy atom. The van der Waals surface area contributed by atoms with E-state index < -0.39 is 0 Å². The third-order valence-corrected chi connectivity index (χ3v) is 11.7. The minimum atomic E-state index is -0.150. The molecule has 0 radical (unpaired) electrons. The lowest BCUT2D eigenvalue weighted by Gasteiger charge is -2.21. The zero-order valence-electron chi connectivity index (χ0n) is 32.1. The minimum absolute atomic E-state index is 0.150. The molecular weight excluding hydrogens is 707 g/mol. The predicted molar refractivity (Wildman–Crippen MR) is 237 cm³/mol. The van der Waals surface area contributed by atoms with Crippen LogP contribution in [-0.4, -0.2) is 15.0 Å². The van der Waals surface area contributed by atoms with E-state index in [0.717, 1.165) is 60.9 Å². The summed E-state index contributed by atoms with van der Waals surface area (Å²) in [5.74, 6) is 1.90. The van der Waals surface area contributed by atoms with Crippen molar-refractivity contribution in [3.8, 4) is 78.7 Å². The first kappa shape index (κ1) is 33.9. The number of aromatic nitrogens is 3. The molecule has 4 heteroatoms. The van der Waals surface area contributed by atoms with Crippen molar-refractivity contribution in [1.29, 1.82) is 0 Å². The van der Waals surface area contributed by atoms with Gasteiger partial charge in [-0.1, -0.05) is 172 Å². The number of benzene rings is 8. The highest BCUT2D eigenvalue weighted by Crippen LogP contribution is 2.51. The summed E-state index contributed by atoms with van der Waals surface area (Å²) < 4.78 is 6.51. The van der Waals surface area contributed by atoms with Gasteiger partial charge >= 0.3 is 0 Å². The first-order valence-electron chi connectivity index (χ1n) is 19.8. The fourth-order valence-corrected chi connectivity index (χ4v) is 8.87. The molecule has 0 bridgehead atoms. The zero-order valence-corrected chi connectivity index (χ0v) is 32.1. The molecule has 0 saturated carbocycles. The van der Waals surface area contributed by atoms with Crippen molar-refractivity contribution in [1.82, 2.24) is 15.0 Å². The molecule has 0 fully saturated rings. The molecule has 10 aromatic rings. The summed E-state index contributed by atoms with van der Waals surface area (Å²) in [4.78, 5) is 15.8. The Balaban J connectivity index is 1.06. The molecule has 0 atom stereocenters. The van der Waals surface area contributed by atoms with Gasteiger partial charge in [-0.2, -0.15) is 0 Å². The molecule has 2 heterocycles. The number of hydrogen-bond acceptors (Lipinski definition) is 4. The van der Waals surface area contributed by atoms with Crippen molar-refractivity contribution >= 4 is 21.9 Å². The first-order valence-corrected chi connectivity index (χ1v) is 19.8. The Labute approximate surface area is 337 Å². The van der Waals surface area contributed by atoms with Crippen molar-refractivity contribution in [2.75, 3.05) is 0 Å². The Kier molecular flexibility index (Phi) is 7.80. The zero-order chi connectivity index (χ0) is 38.8. The van der Waals surface area contributed by atoms with Gasteiger partial charge in [-0.05, 0) is 86.0 Å². The van der Waals surface area contributed by atoms with Gasteiger partial charge < -0.3 is 4.42 Å². The van der Waals surface area contributed by atoms with Crippen molar-refractivity contribution in [3.05, 3.63) is 199 Å². The van der Waals surface area contributed by atoms with Crippen molar-refractivity contribution in [2.24, 2.45) is 0 Å². The van der Waals surface area contributed by atoms with Crippen LogP contribution in [0, 0.1) is 0 Å². The van der Waals surface area contributed by atoms with Crippen LogP contribution in [0.2, 0.25) is 0 Å². The number of rotatable bonds is 6. The van der Waals surface area contributed by atoms with Gasteiger partial charge in [0.25, 0.3) is 0 Å². The van der Waals surface area contributed by atoms with Crippen molar-refractivity contribution < 1.29 is 4.42 Å². The topological polar surface area (TPSA) is 51.8 Å². The summed E-state index contributed by atoms with van der Waals surface area (Å²) in [5.41, 5.74) is 16.1. The van der Waals surface area contributed by atoms with Crippen LogP contribution in [0.4, 0.5) is 0 Å². The van der Waals surface area contributed by atoms with E-state index in [1.165, 1.54) is 33.4 Å². The summed E-state index contributed by atoms with van der Waals surface area (Å²) in [5, 5.41) is 2.22. The Hall–Kier alpha value is -7.43. The maximum atomic E-state index is 6.51. The minimum Gasteiger partial charge on any atom is -0.456 e. The van der Waals surface area contributed by atoms with E-state index in [-0.39, 0.29) is 5.41 Å². The van der Waals surface area contributed by atoms with Crippen LogP contribution in [0.25, 0.3) is 101 Å². The lowest BCUT2D eigenvalue weighted by Crippen LogP contribution is -2.14. The summed E-state index contributed by atoms with van der Waals surface area (Å²) in [6.45, 7) is 4.61. The molecule has 0 aliphatic heterocycles. The molecule has 1 aliphatic carbocycles. The van der Waals surface area contributed by atoms with Crippen molar-refractivity contribution in [2.45, 2.75) is 19.3 Å². The SMILES string of the molecule is CC1(C)c2ccccc2-c2c(-c3nc(-c4cccc(-c5ccccc5)c4)nc(-c4cccc(-c5ccc6c(c5)oc5cccc(-c7ccccc7)c56)c4)n3)cccc21. The van der Waals surface area contributed by atoms with E-state index in [4.69, 9.17) is 19.4 Å². The number of furan rings is 1. The van der Waals surface area contributed by atoms with E-state index in [0.29, 0.717) is 17.5 Å². The van der Waals surface area contributed by atoms with Crippen LogP contribution in [0.1, 0.15) is 25.0 Å². The van der Waals surface area contributed by atoms with Crippen LogP contribution < -0.4 is 0 Å². The van der Waals surface area contributed by atoms with Gasteiger partial charge in [-0.3, -0.25) is 0 Å². The molecule has 58 heavy (non-hydrogen) atoms. The maximum Gasteiger partial charge on any atom is 0.164 e. The molecule has 274 valence electrons. The molecule has 0 N–H and O–H groups in total. The molecule has 2 aromatic heterocycles. The van der Waals surface area contributed by atoms with Gasteiger partial charge in [0.2, 0.25) is 0 Å². The molecule has 0 amide bonds. The molecular formula is C54H37N3O. The van der Waals surface area contributed by atoms with Gasteiger partial charge in [0, 0.05) is 32.9 Å². The van der Waals surface area contributed by atoms with E-state index in [9.17, 15) is 0 Å². The monoisotopic (exact) mass is 743 g/mol. The predicted octanol–water partition coefficient (Wildman–Crippen LogP) is 14.1. The Morgan fingerprint density at radius 3 is 1.62 bits per heavy atom. The largest absolute Gasteiger partial charge is 0.456 e. The third kappa shape index (κ3) is 5.56. The average molecular weight is 744 g/mol. The first-order chi connectivity index (χ1) is 28.5. The second kappa shape index (κ2) is 13.4. The molecule has 1 aliphatic rings. The quantitative estimate of drug-likeness (QED) is 0.170. The summed E-state index contributed by atoms with van der Waals surface area (Å²) in [6, 6.07) is 66.0. The highest BCUT2D eigenvalue weighted by Gasteiger charge is 2.37. The average Bonchev–Trinajstić information content (AvgIpc) is 3.78. The fraction of sp³-hybridized carbons (Fsp3) is 0.0556. The second-order valence-corrected chi connectivity index (χ2v) is 15.6. The summed E-state index contributed by atoms with van der Waals surface area (Å²) in [7, 11) is 0. The fourth-order valence-electron chi connectivity index (χ4n) is 8.87. The molecule has 8 aromatic carbocycles. The smallest absolute Gasteiger partial charge is 0.164 e. The lowest BCUT2D eigenvalue weighted by atomic mass is 9.82. The highest BCUT2D eigenvalue weighted by molar-refractivity contribution is 6.13. The van der Waals surface area contributed by atoms with Crippen LogP contribution in [0.15, 0.2) is 192 Å². The molecule has 0 spiro atoms. The molecule has 0 unspecified atom stereocenters.